The van der Waals surface area contributed by atoms with E-state index in [2.05, 4.69) is 19.2 Å². The summed E-state index contributed by atoms with van der Waals surface area (Å²) in [6, 6.07) is 12.3. The molecular weight excluding hydrogens is 522 g/mol. The molecule has 0 bridgehead atoms. The smallest absolute Gasteiger partial charge is 0.338 e. The lowest BCUT2D eigenvalue weighted by Gasteiger charge is -2.26. The summed E-state index contributed by atoms with van der Waals surface area (Å²) in [7, 11) is 0. The summed E-state index contributed by atoms with van der Waals surface area (Å²) < 4.78 is 7.24. The van der Waals surface area contributed by atoms with Gasteiger partial charge in [0.2, 0.25) is 0 Å². The molecule has 0 spiro atoms. The number of nitrogens with zero attached hydrogens (tertiary/aromatic N) is 2. The number of hydrogen-bond donors (Lipinski definition) is 1. The largest absolute Gasteiger partial charge is 0.463 e. The van der Waals surface area contributed by atoms with Gasteiger partial charge >= 0.3 is 5.97 Å². The molecule has 9 heteroatoms. The van der Waals surface area contributed by atoms with E-state index in [-0.39, 0.29) is 28.2 Å². The predicted octanol–water partition coefficient (Wildman–Crippen LogP) is 4.68. The molecule has 0 fully saturated rings. The van der Waals surface area contributed by atoms with Crippen LogP contribution in [0.1, 0.15) is 69.2 Å². The number of allylic oxidation sites excluding steroid dienone is 1. The van der Waals surface area contributed by atoms with Crippen molar-refractivity contribution in [2.75, 3.05) is 11.9 Å². The Hall–Kier alpha value is -3.49. The topological polar surface area (TPSA) is 89.8 Å². The quantitative estimate of drug-likeness (QED) is 0.452. The van der Waals surface area contributed by atoms with Gasteiger partial charge in [-0.1, -0.05) is 74.4 Å². The van der Waals surface area contributed by atoms with Crippen LogP contribution in [-0.2, 0) is 14.3 Å². The van der Waals surface area contributed by atoms with E-state index in [0.29, 0.717) is 44.7 Å². The van der Waals surface area contributed by atoms with E-state index in [9.17, 15) is 14.4 Å². The van der Waals surface area contributed by atoms with E-state index >= 15 is 0 Å². The van der Waals surface area contributed by atoms with Crippen molar-refractivity contribution in [3.63, 3.8) is 0 Å². The fraction of sp³-hybridized carbons (Fsp3) is 0.310. The van der Waals surface area contributed by atoms with Gasteiger partial charge in [0.15, 0.2) is 4.80 Å². The Balaban J connectivity index is 1.82. The molecule has 1 atom stereocenters. The number of carbonyl (C=O) groups is 2. The highest BCUT2D eigenvalue weighted by Gasteiger charge is 2.36. The Kier molecular flexibility index (Phi) is 7.11. The zero-order valence-electron chi connectivity index (χ0n) is 21.6. The number of benzene rings is 2. The second-order valence-electron chi connectivity index (χ2n) is 9.57. The summed E-state index contributed by atoms with van der Waals surface area (Å²) in [5, 5.41) is 3.28. The van der Waals surface area contributed by atoms with Gasteiger partial charge in [0, 0.05) is 16.3 Å². The zero-order chi connectivity index (χ0) is 27.1. The summed E-state index contributed by atoms with van der Waals surface area (Å²) in [4.78, 5) is 45.7. The van der Waals surface area contributed by atoms with Gasteiger partial charge in [0.1, 0.15) is 4.53 Å². The van der Waals surface area contributed by atoms with Crippen LogP contribution in [0.15, 0.2) is 63.5 Å². The number of fused-ring (bicyclic) bond motifs is 2. The third-order valence-electron chi connectivity index (χ3n) is 6.74. The molecule has 38 heavy (non-hydrogen) atoms. The maximum atomic E-state index is 14.1. The van der Waals surface area contributed by atoms with Crippen molar-refractivity contribution in [1.29, 1.82) is 0 Å². The molecule has 1 aromatic heterocycles. The van der Waals surface area contributed by atoms with E-state index in [1.54, 1.807) is 25.1 Å². The Labute approximate surface area is 229 Å². The van der Waals surface area contributed by atoms with Crippen LogP contribution in [0.4, 0.5) is 5.69 Å². The minimum absolute atomic E-state index is 0.201. The van der Waals surface area contributed by atoms with Crippen molar-refractivity contribution >= 4 is 46.1 Å². The molecule has 2 aliphatic rings. The lowest BCUT2D eigenvalue weighted by atomic mass is 9.92. The number of carbonyl (C=O) groups excluding carboxylic acids is 2. The number of halogens is 1. The molecule has 0 unspecified atom stereocenters. The van der Waals surface area contributed by atoms with Gasteiger partial charge in [0.05, 0.1) is 29.5 Å². The molecule has 3 heterocycles. The minimum Gasteiger partial charge on any atom is -0.463 e. The Morgan fingerprint density at radius 2 is 1.89 bits per heavy atom. The SMILES string of the molecule is CCCC1=C(C(=O)OCC)[C@@H](c2ccc(C(C)C)cc2)n2c(s/c(=C3\C(=O)Nc4ccc(Cl)cc43)c2=O)=N1. The maximum absolute atomic E-state index is 14.1. The molecule has 0 saturated heterocycles. The predicted molar refractivity (Wildman–Crippen MR) is 149 cm³/mol. The summed E-state index contributed by atoms with van der Waals surface area (Å²) in [6.45, 7) is 8.19. The van der Waals surface area contributed by atoms with Gasteiger partial charge < -0.3 is 10.1 Å². The molecule has 2 aromatic carbocycles. The number of nitrogens with one attached hydrogen (secondary N) is 1. The van der Waals surface area contributed by atoms with Crippen LogP contribution >= 0.6 is 22.9 Å². The summed E-state index contributed by atoms with van der Waals surface area (Å²) in [6.07, 6.45) is 1.31. The highest BCUT2D eigenvalue weighted by molar-refractivity contribution is 7.07. The molecule has 0 aliphatic carbocycles. The first kappa shape index (κ1) is 26.1. The molecule has 1 amide bonds. The monoisotopic (exact) mass is 549 g/mol. The number of ether oxygens (including phenoxy) is 1. The summed E-state index contributed by atoms with van der Waals surface area (Å²) in [5.74, 6) is -0.536. The second kappa shape index (κ2) is 10.3. The van der Waals surface area contributed by atoms with Crippen molar-refractivity contribution in [3.8, 4) is 0 Å². The molecule has 0 saturated carbocycles. The molecule has 5 rings (SSSR count). The van der Waals surface area contributed by atoms with Gasteiger partial charge in [-0.15, -0.1) is 0 Å². The van der Waals surface area contributed by atoms with Crippen LogP contribution < -0.4 is 20.2 Å². The highest BCUT2D eigenvalue weighted by atomic mass is 35.5. The van der Waals surface area contributed by atoms with Crippen LogP contribution in [0.5, 0.6) is 0 Å². The van der Waals surface area contributed by atoms with Crippen LogP contribution in [0.3, 0.4) is 0 Å². The fourth-order valence-electron chi connectivity index (χ4n) is 4.91. The number of amides is 1. The number of rotatable bonds is 6. The maximum Gasteiger partial charge on any atom is 0.338 e. The van der Waals surface area contributed by atoms with E-state index < -0.39 is 12.0 Å². The number of aromatic nitrogens is 1. The van der Waals surface area contributed by atoms with Crippen molar-refractivity contribution in [1.82, 2.24) is 4.57 Å². The van der Waals surface area contributed by atoms with Gasteiger partial charge in [-0.25, -0.2) is 9.79 Å². The van der Waals surface area contributed by atoms with Crippen molar-refractivity contribution in [3.05, 3.63) is 95.1 Å². The molecule has 1 N–H and O–H groups in total. The first-order valence-corrected chi connectivity index (χ1v) is 13.9. The number of anilines is 1. The van der Waals surface area contributed by atoms with Gasteiger partial charge in [0.25, 0.3) is 11.5 Å². The van der Waals surface area contributed by atoms with Crippen molar-refractivity contribution in [2.24, 2.45) is 4.99 Å². The van der Waals surface area contributed by atoms with E-state index in [0.717, 1.165) is 28.9 Å². The normalized spacial score (nSPS) is 17.7. The molecule has 7 nitrogen and oxygen atoms in total. The average molecular weight is 550 g/mol. The van der Waals surface area contributed by atoms with Gasteiger partial charge in [-0.2, -0.15) is 0 Å². The highest BCUT2D eigenvalue weighted by Crippen LogP contribution is 2.35. The molecule has 0 radical (unpaired) electrons. The molecule has 2 aliphatic heterocycles. The molecular formula is C29H28ClN3O4S. The average Bonchev–Trinajstić information content (AvgIpc) is 3.38. The zero-order valence-corrected chi connectivity index (χ0v) is 23.2. The summed E-state index contributed by atoms with van der Waals surface area (Å²) >= 11 is 7.38. The lowest BCUT2D eigenvalue weighted by Crippen LogP contribution is -2.40. The third kappa shape index (κ3) is 4.41. The molecule has 196 valence electrons. The third-order valence-corrected chi connectivity index (χ3v) is 8.03. The van der Waals surface area contributed by atoms with E-state index in [1.807, 2.05) is 31.2 Å². The Bertz CT molecular complexity index is 1660. The van der Waals surface area contributed by atoms with Crippen molar-refractivity contribution < 1.29 is 14.3 Å². The van der Waals surface area contributed by atoms with Crippen LogP contribution in [0.2, 0.25) is 5.02 Å². The van der Waals surface area contributed by atoms with E-state index in [4.69, 9.17) is 21.3 Å². The molecule has 3 aromatic rings. The number of esters is 1. The Morgan fingerprint density at radius 3 is 2.55 bits per heavy atom. The second-order valence-corrected chi connectivity index (χ2v) is 11.0. The standard InChI is InChI=1S/C29H28ClN3O4S/c1-5-7-21-23(28(36)37-6-2)24(17-10-8-16(9-11-17)15(3)4)33-27(35)25(38-29(33)32-21)22-19-14-18(30)12-13-20(19)31-26(22)34/h8-15,24H,5-7H2,1-4H3,(H,31,34)/b25-22-/t24-/m1/s1. The lowest BCUT2D eigenvalue weighted by molar-refractivity contribution is -0.139. The number of hydrogen-bond acceptors (Lipinski definition) is 6. The van der Waals surface area contributed by atoms with Crippen molar-refractivity contribution in [2.45, 2.75) is 52.5 Å². The Morgan fingerprint density at radius 1 is 1.16 bits per heavy atom. The van der Waals surface area contributed by atoms with Crippen LogP contribution in [-0.4, -0.2) is 23.1 Å². The van der Waals surface area contributed by atoms with Crippen LogP contribution in [0.25, 0.3) is 5.57 Å². The summed E-state index contributed by atoms with van der Waals surface area (Å²) in [5.41, 5.74) is 3.92. The minimum atomic E-state index is -0.731. The first-order valence-electron chi connectivity index (χ1n) is 12.7. The fourth-order valence-corrected chi connectivity index (χ4v) is 6.20. The first-order chi connectivity index (χ1) is 18.2. The van der Waals surface area contributed by atoms with Crippen LogP contribution in [0, 0.1) is 0 Å². The van der Waals surface area contributed by atoms with E-state index in [1.165, 1.54) is 4.57 Å². The van der Waals surface area contributed by atoms with Gasteiger partial charge in [-0.05, 0) is 48.6 Å². The van der Waals surface area contributed by atoms with Gasteiger partial charge in [-0.3, -0.25) is 14.2 Å². The number of thiazole rings is 1.